The summed E-state index contributed by atoms with van der Waals surface area (Å²) >= 11 is 0. The Morgan fingerprint density at radius 1 is 1.39 bits per heavy atom. The number of aryl methyl sites for hydroxylation is 1. The number of rotatable bonds is 4. The fourth-order valence-electron chi connectivity index (χ4n) is 2.02. The lowest BCUT2D eigenvalue weighted by Gasteiger charge is -2.26. The van der Waals surface area contributed by atoms with Crippen molar-refractivity contribution in [2.24, 2.45) is 13.0 Å². The minimum absolute atomic E-state index is 0.659. The molecule has 0 amide bonds. The van der Waals surface area contributed by atoms with Crippen LogP contribution in [0.15, 0.2) is 36.7 Å². The molecule has 0 radical (unpaired) electrons. The van der Waals surface area contributed by atoms with Gasteiger partial charge in [0, 0.05) is 37.8 Å². The third-order valence-corrected chi connectivity index (χ3v) is 3.22. The molecule has 1 aliphatic rings. The van der Waals surface area contributed by atoms with Crippen LogP contribution in [0.5, 0.6) is 5.75 Å². The van der Waals surface area contributed by atoms with E-state index in [1.54, 1.807) is 0 Å². The quantitative estimate of drug-likeness (QED) is 0.888. The zero-order chi connectivity index (χ0) is 12.4. The van der Waals surface area contributed by atoms with Crippen LogP contribution in [0, 0.1) is 5.92 Å². The molecule has 2 aromatic rings. The van der Waals surface area contributed by atoms with E-state index in [2.05, 4.69) is 22.5 Å². The van der Waals surface area contributed by atoms with Crippen molar-refractivity contribution in [1.29, 1.82) is 0 Å². The van der Waals surface area contributed by atoms with Gasteiger partial charge in [-0.2, -0.15) is 5.10 Å². The van der Waals surface area contributed by atoms with E-state index < -0.39 is 0 Å². The molecule has 0 bridgehead atoms. The average molecular weight is 243 g/mol. The molecule has 2 heterocycles. The molecule has 1 N–H and O–H groups in total. The summed E-state index contributed by atoms with van der Waals surface area (Å²) in [5.41, 5.74) is 2.26. The Balaban J connectivity index is 1.71. The fraction of sp³-hybridized carbons (Fsp3) is 0.357. The van der Waals surface area contributed by atoms with E-state index in [-0.39, 0.29) is 0 Å². The molecule has 1 saturated heterocycles. The molecule has 1 aromatic heterocycles. The Hall–Kier alpha value is -1.81. The van der Waals surface area contributed by atoms with E-state index in [1.165, 1.54) is 0 Å². The highest BCUT2D eigenvalue weighted by atomic mass is 16.5. The van der Waals surface area contributed by atoms with Gasteiger partial charge in [0.05, 0.1) is 12.8 Å². The van der Waals surface area contributed by atoms with Crippen molar-refractivity contribution in [3.63, 3.8) is 0 Å². The fourth-order valence-corrected chi connectivity index (χ4v) is 2.02. The second-order valence-electron chi connectivity index (χ2n) is 4.77. The van der Waals surface area contributed by atoms with Crippen LogP contribution in [0.25, 0.3) is 11.1 Å². The summed E-state index contributed by atoms with van der Waals surface area (Å²) in [6, 6.07) is 8.18. The maximum atomic E-state index is 5.81. The number of nitrogens with one attached hydrogen (secondary N) is 1. The van der Waals surface area contributed by atoms with E-state index in [0.717, 1.165) is 36.6 Å². The van der Waals surface area contributed by atoms with Gasteiger partial charge in [-0.25, -0.2) is 0 Å². The van der Waals surface area contributed by atoms with Gasteiger partial charge in [0.1, 0.15) is 5.75 Å². The Labute approximate surface area is 107 Å². The molecule has 18 heavy (non-hydrogen) atoms. The Morgan fingerprint density at radius 2 is 2.28 bits per heavy atom. The molecule has 0 saturated carbocycles. The zero-order valence-electron chi connectivity index (χ0n) is 10.5. The van der Waals surface area contributed by atoms with Crippen molar-refractivity contribution in [2.45, 2.75) is 0 Å². The van der Waals surface area contributed by atoms with Crippen molar-refractivity contribution >= 4 is 0 Å². The number of ether oxygens (including phenoxy) is 1. The molecular weight excluding hydrogens is 226 g/mol. The van der Waals surface area contributed by atoms with E-state index in [1.807, 2.05) is 36.3 Å². The third-order valence-electron chi connectivity index (χ3n) is 3.22. The monoisotopic (exact) mass is 243 g/mol. The van der Waals surface area contributed by atoms with Crippen LogP contribution in [0.2, 0.25) is 0 Å². The lowest BCUT2D eigenvalue weighted by Crippen LogP contribution is -2.45. The van der Waals surface area contributed by atoms with Crippen LogP contribution in [0.1, 0.15) is 0 Å². The Kier molecular flexibility index (Phi) is 3.02. The van der Waals surface area contributed by atoms with Gasteiger partial charge >= 0.3 is 0 Å². The van der Waals surface area contributed by atoms with Crippen LogP contribution < -0.4 is 10.1 Å². The highest BCUT2D eigenvalue weighted by Gasteiger charge is 2.17. The molecule has 94 valence electrons. The predicted molar refractivity (Wildman–Crippen MR) is 70.5 cm³/mol. The van der Waals surface area contributed by atoms with Gasteiger partial charge in [-0.15, -0.1) is 0 Å². The SMILES string of the molecule is Cn1cc(-c2cccc(OCC3CNC3)c2)cn1. The lowest BCUT2D eigenvalue weighted by atomic mass is 10.1. The zero-order valence-corrected chi connectivity index (χ0v) is 10.5. The highest BCUT2D eigenvalue weighted by molar-refractivity contribution is 5.63. The van der Waals surface area contributed by atoms with Crippen molar-refractivity contribution in [2.75, 3.05) is 19.7 Å². The predicted octanol–water partition coefficient (Wildman–Crippen LogP) is 1.69. The summed E-state index contributed by atoms with van der Waals surface area (Å²) in [6.07, 6.45) is 3.88. The van der Waals surface area contributed by atoms with Crippen LogP contribution in [-0.2, 0) is 7.05 Å². The largest absolute Gasteiger partial charge is 0.493 e. The molecule has 1 aliphatic heterocycles. The van der Waals surface area contributed by atoms with Gasteiger partial charge in [-0.05, 0) is 17.7 Å². The second kappa shape index (κ2) is 4.82. The number of benzene rings is 1. The Morgan fingerprint density at radius 3 is 2.94 bits per heavy atom. The van der Waals surface area contributed by atoms with Crippen LogP contribution in [0.4, 0.5) is 0 Å². The minimum Gasteiger partial charge on any atom is -0.493 e. The highest BCUT2D eigenvalue weighted by Crippen LogP contribution is 2.23. The van der Waals surface area contributed by atoms with Crippen LogP contribution in [0.3, 0.4) is 0 Å². The summed E-state index contributed by atoms with van der Waals surface area (Å²) in [5.74, 6) is 1.59. The maximum absolute atomic E-state index is 5.81. The van der Waals surface area contributed by atoms with Gasteiger partial charge in [0.25, 0.3) is 0 Å². The topological polar surface area (TPSA) is 39.1 Å². The van der Waals surface area contributed by atoms with E-state index >= 15 is 0 Å². The molecule has 0 aliphatic carbocycles. The molecule has 1 fully saturated rings. The first-order valence-corrected chi connectivity index (χ1v) is 6.24. The molecule has 0 spiro atoms. The number of aromatic nitrogens is 2. The van der Waals surface area contributed by atoms with E-state index in [4.69, 9.17) is 4.74 Å². The average Bonchev–Trinajstić information content (AvgIpc) is 2.74. The number of hydrogen-bond acceptors (Lipinski definition) is 3. The van der Waals surface area contributed by atoms with Crippen molar-refractivity contribution < 1.29 is 4.74 Å². The minimum atomic E-state index is 0.659. The molecule has 0 unspecified atom stereocenters. The summed E-state index contributed by atoms with van der Waals surface area (Å²) in [6.45, 7) is 2.94. The van der Waals surface area contributed by atoms with Gasteiger partial charge in [0.2, 0.25) is 0 Å². The van der Waals surface area contributed by atoms with Gasteiger partial charge in [-0.1, -0.05) is 12.1 Å². The maximum Gasteiger partial charge on any atom is 0.119 e. The first kappa shape index (κ1) is 11.3. The van der Waals surface area contributed by atoms with Crippen LogP contribution >= 0.6 is 0 Å². The second-order valence-corrected chi connectivity index (χ2v) is 4.77. The standard InChI is InChI=1S/C14H17N3O/c1-17-9-13(8-16-17)12-3-2-4-14(5-12)18-10-11-6-15-7-11/h2-5,8-9,11,15H,6-7,10H2,1H3. The molecule has 4 nitrogen and oxygen atoms in total. The summed E-state index contributed by atoms with van der Waals surface area (Å²) in [5, 5.41) is 7.43. The third kappa shape index (κ3) is 2.38. The van der Waals surface area contributed by atoms with Gasteiger partial charge in [-0.3, -0.25) is 4.68 Å². The normalized spacial score (nSPS) is 15.4. The molecule has 0 atom stereocenters. The van der Waals surface area contributed by atoms with Crippen LogP contribution in [-0.4, -0.2) is 29.5 Å². The molecule has 1 aromatic carbocycles. The number of hydrogen-bond donors (Lipinski definition) is 1. The molecule has 4 heteroatoms. The van der Waals surface area contributed by atoms with E-state index in [0.29, 0.717) is 5.92 Å². The van der Waals surface area contributed by atoms with Gasteiger partial charge < -0.3 is 10.1 Å². The van der Waals surface area contributed by atoms with Crippen molar-refractivity contribution in [1.82, 2.24) is 15.1 Å². The number of nitrogens with zero attached hydrogens (tertiary/aromatic N) is 2. The molecule has 3 rings (SSSR count). The summed E-state index contributed by atoms with van der Waals surface area (Å²) in [4.78, 5) is 0. The van der Waals surface area contributed by atoms with Crippen molar-refractivity contribution in [3.05, 3.63) is 36.7 Å². The van der Waals surface area contributed by atoms with E-state index in [9.17, 15) is 0 Å². The smallest absolute Gasteiger partial charge is 0.119 e. The van der Waals surface area contributed by atoms with Gasteiger partial charge in [0.15, 0.2) is 0 Å². The lowest BCUT2D eigenvalue weighted by molar-refractivity contribution is 0.199. The summed E-state index contributed by atoms with van der Waals surface area (Å²) < 4.78 is 7.62. The first-order valence-electron chi connectivity index (χ1n) is 6.24. The Bertz CT molecular complexity index is 531. The first-order chi connectivity index (χ1) is 8.81. The molecular formula is C14H17N3O. The van der Waals surface area contributed by atoms with Crippen molar-refractivity contribution in [3.8, 4) is 16.9 Å². The summed E-state index contributed by atoms with van der Waals surface area (Å²) in [7, 11) is 1.92.